The highest BCUT2D eigenvalue weighted by molar-refractivity contribution is 7.98. The van der Waals surface area contributed by atoms with Gasteiger partial charge in [0.15, 0.2) is 5.78 Å². The Labute approximate surface area is 171 Å². The number of amides is 1. The Bertz CT molecular complexity index is 892. The maximum Gasteiger partial charge on any atom is 0.254 e. The van der Waals surface area contributed by atoms with Gasteiger partial charge in [0, 0.05) is 24.5 Å². The minimum Gasteiger partial charge on any atom is -0.369 e. The monoisotopic (exact) mass is 394 g/mol. The van der Waals surface area contributed by atoms with Crippen LogP contribution in [0.4, 0.5) is 0 Å². The summed E-state index contributed by atoms with van der Waals surface area (Å²) in [6.45, 7) is 5.19. The molecule has 146 valence electrons. The van der Waals surface area contributed by atoms with E-state index in [1.165, 1.54) is 6.92 Å². The summed E-state index contributed by atoms with van der Waals surface area (Å²) in [5.41, 5.74) is 4.50. The molecule has 1 atom stereocenters. The van der Waals surface area contributed by atoms with Crippen LogP contribution in [-0.4, -0.2) is 35.1 Å². The number of ketones is 1. The van der Waals surface area contributed by atoms with E-state index in [1.54, 1.807) is 11.8 Å². The summed E-state index contributed by atoms with van der Waals surface area (Å²) in [5, 5.41) is 2.97. The zero-order valence-corrected chi connectivity index (χ0v) is 17.4. The maximum absolute atomic E-state index is 13.3. The van der Waals surface area contributed by atoms with Gasteiger partial charge in [0.2, 0.25) is 0 Å². The summed E-state index contributed by atoms with van der Waals surface area (Å²) in [7, 11) is 0. The van der Waals surface area contributed by atoms with Crippen LogP contribution in [-0.2, 0) is 16.1 Å². The molecule has 5 heteroatoms. The third-order valence-electron chi connectivity index (χ3n) is 5.09. The van der Waals surface area contributed by atoms with E-state index in [-0.39, 0.29) is 11.7 Å². The highest BCUT2D eigenvalue weighted by Crippen LogP contribution is 2.32. The molecule has 3 rings (SSSR count). The molecule has 2 aromatic rings. The van der Waals surface area contributed by atoms with E-state index in [2.05, 4.69) is 22.5 Å². The van der Waals surface area contributed by atoms with Gasteiger partial charge in [0.1, 0.15) is 6.04 Å². The number of Topliss-reactive ketones (excluding diaryl/α,β-unsaturated/α-hetero) is 1. The fraction of sp³-hybridized carbons (Fsp3) is 0.304. The Morgan fingerprint density at radius 1 is 1.11 bits per heavy atom. The van der Waals surface area contributed by atoms with Gasteiger partial charge in [-0.25, -0.2) is 0 Å². The van der Waals surface area contributed by atoms with Gasteiger partial charge in [0.05, 0.1) is 5.57 Å². The smallest absolute Gasteiger partial charge is 0.254 e. The molecular formula is C23H26N2O2S. The zero-order valence-electron chi connectivity index (χ0n) is 16.6. The summed E-state index contributed by atoms with van der Waals surface area (Å²) in [4.78, 5) is 27.8. The highest BCUT2D eigenvalue weighted by atomic mass is 32.2. The zero-order chi connectivity index (χ0) is 20.1. The molecule has 1 aliphatic rings. The SMILES string of the molecule is CSCCN1Cc2ccccc2C(C(=O)N[C@H](C(C)=O)c2ccccc2)=C1C. The lowest BCUT2D eigenvalue weighted by Crippen LogP contribution is -2.37. The van der Waals surface area contributed by atoms with Gasteiger partial charge >= 0.3 is 0 Å². The van der Waals surface area contributed by atoms with Crippen LogP contribution in [0.1, 0.15) is 36.6 Å². The van der Waals surface area contributed by atoms with Gasteiger partial charge in [-0.05, 0) is 36.8 Å². The Morgan fingerprint density at radius 3 is 2.46 bits per heavy atom. The van der Waals surface area contributed by atoms with E-state index < -0.39 is 6.04 Å². The number of hydrogen-bond acceptors (Lipinski definition) is 4. The topological polar surface area (TPSA) is 49.4 Å². The number of thioether (sulfide) groups is 1. The van der Waals surface area contributed by atoms with Crippen LogP contribution < -0.4 is 5.32 Å². The molecule has 2 aromatic carbocycles. The molecule has 0 radical (unpaired) electrons. The molecular weight excluding hydrogens is 368 g/mol. The van der Waals surface area contributed by atoms with Crippen molar-refractivity contribution < 1.29 is 9.59 Å². The molecule has 0 unspecified atom stereocenters. The second-order valence-electron chi connectivity index (χ2n) is 6.96. The molecule has 0 aliphatic carbocycles. The van der Waals surface area contributed by atoms with Gasteiger partial charge in [-0.3, -0.25) is 9.59 Å². The van der Waals surface area contributed by atoms with E-state index in [0.717, 1.165) is 41.2 Å². The molecule has 0 saturated heterocycles. The minimum absolute atomic E-state index is 0.0823. The molecule has 4 nitrogen and oxygen atoms in total. The number of rotatable bonds is 7. The largest absolute Gasteiger partial charge is 0.369 e. The molecule has 1 aliphatic heterocycles. The predicted molar refractivity (Wildman–Crippen MR) is 116 cm³/mol. The van der Waals surface area contributed by atoms with Crippen LogP contribution in [0.15, 0.2) is 60.3 Å². The van der Waals surface area contributed by atoms with E-state index in [9.17, 15) is 9.59 Å². The fourth-order valence-corrected chi connectivity index (χ4v) is 3.99. The highest BCUT2D eigenvalue weighted by Gasteiger charge is 2.29. The molecule has 0 bridgehead atoms. The molecule has 0 saturated carbocycles. The van der Waals surface area contributed by atoms with Crippen molar-refractivity contribution in [2.75, 3.05) is 18.6 Å². The van der Waals surface area contributed by atoms with Crippen molar-refractivity contribution in [2.24, 2.45) is 0 Å². The van der Waals surface area contributed by atoms with Crippen molar-refractivity contribution in [3.05, 3.63) is 77.0 Å². The number of hydrogen-bond donors (Lipinski definition) is 1. The predicted octanol–water partition coefficient (Wildman–Crippen LogP) is 4.04. The second kappa shape index (κ2) is 9.11. The van der Waals surface area contributed by atoms with E-state index in [4.69, 9.17) is 0 Å². The third-order valence-corrected chi connectivity index (χ3v) is 5.68. The quantitative estimate of drug-likeness (QED) is 0.770. The fourth-order valence-electron chi connectivity index (χ4n) is 3.58. The van der Waals surface area contributed by atoms with Gasteiger partial charge in [-0.15, -0.1) is 0 Å². The lowest BCUT2D eigenvalue weighted by molar-refractivity contribution is -0.124. The molecule has 1 amide bonds. The summed E-state index contributed by atoms with van der Waals surface area (Å²) < 4.78 is 0. The molecule has 1 N–H and O–H groups in total. The summed E-state index contributed by atoms with van der Waals surface area (Å²) in [6.07, 6.45) is 2.09. The summed E-state index contributed by atoms with van der Waals surface area (Å²) in [6, 6.07) is 16.8. The number of nitrogens with one attached hydrogen (secondary N) is 1. The van der Waals surface area contributed by atoms with Crippen molar-refractivity contribution in [3.63, 3.8) is 0 Å². The van der Waals surface area contributed by atoms with Crippen molar-refractivity contribution in [1.82, 2.24) is 10.2 Å². The lowest BCUT2D eigenvalue weighted by atomic mass is 9.92. The van der Waals surface area contributed by atoms with Gasteiger partial charge in [-0.1, -0.05) is 54.6 Å². The first kappa shape index (κ1) is 20.2. The Balaban J connectivity index is 1.95. The first-order valence-corrected chi connectivity index (χ1v) is 10.8. The molecule has 28 heavy (non-hydrogen) atoms. The summed E-state index contributed by atoms with van der Waals surface area (Å²) >= 11 is 1.79. The maximum atomic E-state index is 13.3. The average Bonchev–Trinajstić information content (AvgIpc) is 2.70. The average molecular weight is 395 g/mol. The second-order valence-corrected chi connectivity index (χ2v) is 7.95. The lowest BCUT2D eigenvalue weighted by Gasteiger charge is -2.33. The number of carbonyl (C=O) groups excluding carboxylic acids is 2. The number of allylic oxidation sites excluding steroid dienone is 1. The Hall–Kier alpha value is -2.53. The van der Waals surface area contributed by atoms with Crippen LogP contribution in [0.3, 0.4) is 0 Å². The Morgan fingerprint density at radius 2 is 1.79 bits per heavy atom. The molecule has 0 aromatic heterocycles. The van der Waals surface area contributed by atoms with Gasteiger partial charge < -0.3 is 10.2 Å². The number of benzene rings is 2. The normalized spacial score (nSPS) is 14.5. The van der Waals surface area contributed by atoms with Crippen LogP contribution in [0.25, 0.3) is 5.57 Å². The van der Waals surface area contributed by atoms with Crippen molar-refractivity contribution in [3.8, 4) is 0 Å². The van der Waals surface area contributed by atoms with Crippen LogP contribution in [0.5, 0.6) is 0 Å². The first-order chi connectivity index (χ1) is 13.5. The molecule has 0 fully saturated rings. The number of nitrogens with zero attached hydrogens (tertiary/aromatic N) is 1. The standard InChI is InChI=1S/C23H26N2O2S/c1-16-21(20-12-8-7-11-19(20)15-25(16)13-14-28-3)23(27)24-22(17(2)26)18-9-5-4-6-10-18/h4-12,22H,13-15H2,1-3H3,(H,24,27)/t22-/m1/s1. The van der Waals surface area contributed by atoms with Gasteiger partial charge in [-0.2, -0.15) is 11.8 Å². The van der Waals surface area contributed by atoms with Crippen LogP contribution >= 0.6 is 11.8 Å². The third kappa shape index (κ3) is 4.30. The van der Waals surface area contributed by atoms with E-state index >= 15 is 0 Å². The van der Waals surface area contributed by atoms with Crippen molar-refractivity contribution in [2.45, 2.75) is 26.4 Å². The first-order valence-electron chi connectivity index (χ1n) is 9.42. The minimum atomic E-state index is -0.650. The van der Waals surface area contributed by atoms with Crippen LogP contribution in [0, 0.1) is 0 Å². The number of fused-ring (bicyclic) bond motifs is 1. The summed E-state index contributed by atoms with van der Waals surface area (Å²) in [5.74, 6) is 0.707. The Kier molecular flexibility index (Phi) is 6.57. The van der Waals surface area contributed by atoms with Crippen molar-refractivity contribution >= 4 is 29.0 Å². The van der Waals surface area contributed by atoms with Gasteiger partial charge in [0.25, 0.3) is 5.91 Å². The van der Waals surface area contributed by atoms with E-state index in [0.29, 0.717) is 5.57 Å². The van der Waals surface area contributed by atoms with E-state index in [1.807, 2.05) is 55.5 Å². The molecule has 0 spiro atoms. The van der Waals surface area contributed by atoms with Crippen molar-refractivity contribution in [1.29, 1.82) is 0 Å². The molecule has 1 heterocycles. The van der Waals surface area contributed by atoms with Crippen LogP contribution in [0.2, 0.25) is 0 Å². The number of carbonyl (C=O) groups is 2.